The Morgan fingerprint density at radius 1 is 1.09 bits per heavy atom. The molecule has 0 N–H and O–H groups in total. The Hall–Kier alpha value is -3.17. The van der Waals surface area contributed by atoms with Gasteiger partial charge in [-0.3, -0.25) is 4.79 Å². The maximum absolute atomic E-state index is 12.7. The van der Waals surface area contributed by atoms with Gasteiger partial charge in [0.25, 0.3) is 0 Å². The summed E-state index contributed by atoms with van der Waals surface area (Å²) in [4.78, 5) is 14.7. The second-order valence-corrected chi connectivity index (χ2v) is 9.64. The number of amides is 1. The summed E-state index contributed by atoms with van der Waals surface area (Å²) in [5, 5.41) is 10.9. The van der Waals surface area contributed by atoms with Crippen molar-refractivity contribution in [2.75, 3.05) is 13.1 Å². The molecule has 0 radical (unpaired) electrons. The van der Waals surface area contributed by atoms with Crippen LogP contribution in [-0.2, 0) is 9.53 Å². The first-order valence-corrected chi connectivity index (χ1v) is 12.4. The molecule has 2 aromatic carbocycles. The van der Waals surface area contributed by atoms with E-state index in [1.165, 1.54) is 5.39 Å². The van der Waals surface area contributed by atoms with Crippen LogP contribution in [0.25, 0.3) is 10.8 Å². The molecule has 0 aliphatic carbocycles. The molecule has 5 rings (SSSR count). The molecule has 0 spiro atoms. The van der Waals surface area contributed by atoms with Crippen molar-refractivity contribution in [2.45, 2.75) is 64.2 Å². The highest BCUT2D eigenvalue weighted by Gasteiger charge is 2.36. The molecular weight excluding hydrogens is 424 g/mol. The molecule has 176 valence electrons. The lowest BCUT2D eigenvalue weighted by Crippen LogP contribution is -2.38. The van der Waals surface area contributed by atoms with E-state index in [0.717, 1.165) is 56.1 Å². The van der Waals surface area contributed by atoms with Crippen molar-refractivity contribution in [2.24, 2.45) is 5.92 Å². The molecule has 1 aromatic heterocycles. The monoisotopic (exact) mass is 456 g/mol. The Balaban J connectivity index is 1.18. The molecule has 2 aliphatic rings. The van der Waals surface area contributed by atoms with Crippen molar-refractivity contribution in [3.63, 3.8) is 0 Å². The predicted octanol–water partition coefficient (Wildman–Crippen LogP) is 4.59. The summed E-state index contributed by atoms with van der Waals surface area (Å²) < 4.78 is 8.19. The molecule has 6 heteroatoms. The molecule has 0 bridgehead atoms. The largest absolute Gasteiger partial charge is 0.374 e. The summed E-state index contributed by atoms with van der Waals surface area (Å²) in [5.74, 6) is 6.60. The summed E-state index contributed by atoms with van der Waals surface area (Å²) in [6.45, 7) is 5.95. The van der Waals surface area contributed by atoms with Crippen molar-refractivity contribution in [3.05, 3.63) is 59.9 Å². The van der Waals surface area contributed by atoms with Crippen LogP contribution in [0.3, 0.4) is 0 Å². The fourth-order valence-electron chi connectivity index (χ4n) is 5.16. The molecular formula is C28H32N4O2. The molecule has 6 nitrogen and oxygen atoms in total. The molecule has 34 heavy (non-hydrogen) atoms. The Morgan fingerprint density at radius 2 is 1.88 bits per heavy atom. The number of nitrogens with zero attached hydrogens (tertiary/aromatic N) is 4. The zero-order valence-electron chi connectivity index (χ0n) is 20.0. The lowest BCUT2D eigenvalue weighted by Gasteiger charge is -2.25. The minimum atomic E-state index is -0.0688. The SMILES string of the molecule is C[C@H](C[C@@H]1CC[C@H]([C@@H](C)C(=O)N2CCCC2)O1)n1cc(C#Cc2cccc3ccccc23)nn1. The van der Waals surface area contributed by atoms with Crippen molar-refractivity contribution >= 4 is 16.7 Å². The van der Waals surface area contributed by atoms with Crippen LogP contribution in [0.4, 0.5) is 0 Å². The van der Waals surface area contributed by atoms with Gasteiger partial charge in [-0.2, -0.15) is 0 Å². The third-order valence-electron chi connectivity index (χ3n) is 7.19. The van der Waals surface area contributed by atoms with Gasteiger partial charge in [0.1, 0.15) is 0 Å². The molecule has 0 unspecified atom stereocenters. The van der Waals surface area contributed by atoms with Crippen LogP contribution in [0.5, 0.6) is 0 Å². The Bertz CT molecular complexity index is 1210. The quantitative estimate of drug-likeness (QED) is 0.527. The predicted molar refractivity (Wildman–Crippen MR) is 132 cm³/mol. The van der Waals surface area contributed by atoms with Gasteiger partial charge in [0.05, 0.1) is 30.4 Å². The first-order chi connectivity index (χ1) is 16.6. The first kappa shape index (κ1) is 22.6. The average molecular weight is 457 g/mol. The highest BCUT2D eigenvalue weighted by Crippen LogP contribution is 2.31. The van der Waals surface area contributed by atoms with E-state index in [-0.39, 0.29) is 30.1 Å². The van der Waals surface area contributed by atoms with Gasteiger partial charge in [0.15, 0.2) is 5.69 Å². The van der Waals surface area contributed by atoms with Crippen LogP contribution in [0.2, 0.25) is 0 Å². The van der Waals surface area contributed by atoms with Crippen LogP contribution < -0.4 is 0 Å². The maximum Gasteiger partial charge on any atom is 0.228 e. The minimum absolute atomic E-state index is 0.0168. The summed E-state index contributed by atoms with van der Waals surface area (Å²) in [6, 6.07) is 14.6. The van der Waals surface area contributed by atoms with E-state index < -0.39 is 0 Å². The van der Waals surface area contributed by atoms with Gasteiger partial charge in [-0.15, -0.1) is 5.10 Å². The van der Waals surface area contributed by atoms with E-state index in [2.05, 4.69) is 47.3 Å². The fraction of sp³-hybridized carbons (Fsp3) is 0.464. The van der Waals surface area contributed by atoms with Crippen molar-refractivity contribution in [1.82, 2.24) is 19.9 Å². The van der Waals surface area contributed by atoms with Gasteiger partial charge in [0, 0.05) is 18.7 Å². The molecule has 3 aromatic rings. The molecule has 4 atom stereocenters. The van der Waals surface area contributed by atoms with Crippen LogP contribution >= 0.6 is 0 Å². The molecule has 2 fully saturated rings. The Morgan fingerprint density at radius 3 is 2.74 bits per heavy atom. The van der Waals surface area contributed by atoms with Gasteiger partial charge in [-0.1, -0.05) is 54.5 Å². The van der Waals surface area contributed by atoms with Gasteiger partial charge in [0.2, 0.25) is 5.91 Å². The number of benzene rings is 2. The van der Waals surface area contributed by atoms with E-state index in [4.69, 9.17) is 4.74 Å². The van der Waals surface area contributed by atoms with Crippen LogP contribution in [-0.4, -0.2) is 51.1 Å². The van der Waals surface area contributed by atoms with E-state index in [1.807, 2.05) is 47.0 Å². The van der Waals surface area contributed by atoms with Crippen LogP contribution in [0.1, 0.15) is 63.3 Å². The van der Waals surface area contributed by atoms with Gasteiger partial charge in [-0.05, 0) is 61.8 Å². The van der Waals surface area contributed by atoms with E-state index in [0.29, 0.717) is 5.69 Å². The molecule has 2 aliphatic heterocycles. The number of aromatic nitrogens is 3. The van der Waals surface area contributed by atoms with E-state index >= 15 is 0 Å². The number of rotatable bonds is 5. The van der Waals surface area contributed by atoms with Crippen molar-refractivity contribution in [3.8, 4) is 11.8 Å². The molecule has 2 saturated heterocycles. The van der Waals surface area contributed by atoms with E-state index in [9.17, 15) is 4.79 Å². The number of hydrogen-bond acceptors (Lipinski definition) is 4. The highest BCUT2D eigenvalue weighted by atomic mass is 16.5. The zero-order valence-corrected chi connectivity index (χ0v) is 20.0. The topological polar surface area (TPSA) is 60.2 Å². The maximum atomic E-state index is 12.7. The van der Waals surface area contributed by atoms with E-state index in [1.54, 1.807) is 0 Å². The molecule has 1 amide bonds. The van der Waals surface area contributed by atoms with Crippen LogP contribution in [0, 0.1) is 17.8 Å². The minimum Gasteiger partial charge on any atom is -0.374 e. The average Bonchev–Trinajstić information content (AvgIpc) is 3.64. The van der Waals surface area contributed by atoms with Gasteiger partial charge < -0.3 is 9.64 Å². The Kier molecular flexibility index (Phi) is 6.64. The molecule has 0 saturated carbocycles. The second kappa shape index (κ2) is 9.99. The van der Waals surface area contributed by atoms with Gasteiger partial charge >= 0.3 is 0 Å². The Labute approximate surface area is 201 Å². The number of fused-ring (bicyclic) bond motifs is 1. The number of ether oxygens (including phenoxy) is 1. The highest BCUT2D eigenvalue weighted by molar-refractivity contribution is 5.88. The second-order valence-electron chi connectivity index (χ2n) is 9.64. The third-order valence-corrected chi connectivity index (χ3v) is 7.19. The smallest absolute Gasteiger partial charge is 0.228 e. The lowest BCUT2D eigenvalue weighted by molar-refractivity contribution is -0.138. The zero-order chi connectivity index (χ0) is 23.5. The number of hydrogen-bond donors (Lipinski definition) is 0. The van der Waals surface area contributed by atoms with Crippen molar-refractivity contribution in [1.29, 1.82) is 0 Å². The summed E-state index contributed by atoms with van der Waals surface area (Å²) >= 11 is 0. The van der Waals surface area contributed by atoms with Gasteiger partial charge in [-0.25, -0.2) is 4.68 Å². The summed E-state index contributed by atoms with van der Waals surface area (Å²) in [6.07, 6.45) is 7.08. The van der Waals surface area contributed by atoms with Crippen LogP contribution in [0.15, 0.2) is 48.7 Å². The first-order valence-electron chi connectivity index (χ1n) is 12.4. The molecule has 3 heterocycles. The third kappa shape index (κ3) is 4.85. The standard InChI is InChI=1S/C28H32N4O2/c1-20(18-25-14-15-27(34-25)21(2)28(33)31-16-5-6-17-31)32-19-24(29-30-32)13-12-23-10-7-9-22-8-3-4-11-26(22)23/h3-4,7-11,19-21,25,27H,5-6,14-18H2,1-2H3/t20-,21-,25+,27-/m1/s1. The summed E-state index contributed by atoms with van der Waals surface area (Å²) in [5.41, 5.74) is 1.65. The fourth-order valence-corrected chi connectivity index (χ4v) is 5.16. The number of carbonyl (C=O) groups is 1. The number of carbonyl (C=O) groups excluding carboxylic acids is 1. The number of likely N-dealkylation sites (tertiary alicyclic amines) is 1. The lowest BCUT2D eigenvalue weighted by atomic mass is 9.99. The van der Waals surface area contributed by atoms with Crippen molar-refractivity contribution < 1.29 is 9.53 Å². The summed E-state index contributed by atoms with van der Waals surface area (Å²) in [7, 11) is 0. The normalized spacial score (nSPS) is 21.9.